The second kappa shape index (κ2) is 7.63. The number of amides is 1. The molecule has 0 bridgehead atoms. The maximum absolute atomic E-state index is 13.8. The van der Waals surface area contributed by atoms with Crippen molar-refractivity contribution in [3.05, 3.63) is 95.8 Å². The van der Waals surface area contributed by atoms with E-state index in [1.165, 1.54) is 41.0 Å². The zero-order valence-electron chi connectivity index (χ0n) is 15.1. The van der Waals surface area contributed by atoms with Crippen LogP contribution in [0.15, 0.2) is 72.8 Å². The zero-order chi connectivity index (χ0) is 20.4. The van der Waals surface area contributed by atoms with Crippen molar-refractivity contribution in [3.8, 4) is 0 Å². The molecule has 1 aromatic heterocycles. The topological polar surface area (TPSA) is 64.0 Å². The lowest BCUT2D eigenvalue weighted by Gasteiger charge is -2.10. The van der Waals surface area contributed by atoms with Crippen molar-refractivity contribution < 1.29 is 18.4 Å². The normalized spacial score (nSPS) is 10.8. The Labute approximate surface area is 164 Å². The molecule has 0 spiro atoms. The molecule has 1 N–H and O–H groups in total. The highest BCUT2D eigenvalue weighted by Crippen LogP contribution is 2.20. The van der Waals surface area contributed by atoms with Crippen molar-refractivity contribution >= 4 is 28.4 Å². The Hall–Kier alpha value is -3.87. The fraction of sp³-hybridized carbons (Fsp3) is 0.0455. The number of fused-ring (bicyclic) bond motifs is 1. The molecule has 7 heteroatoms. The molecule has 0 saturated heterocycles. The summed E-state index contributed by atoms with van der Waals surface area (Å²) in [5.41, 5.74) is 1.25. The van der Waals surface area contributed by atoms with Crippen molar-refractivity contribution in [3.63, 3.8) is 0 Å². The van der Waals surface area contributed by atoms with Gasteiger partial charge in [-0.15, -0.1) is 0 Å². The molecular formula is C22H15F2N3O2. The standard InChI is InChI=1S/C22H15F2N3O2/c23-15-7-5-6-14(12-15)21(29)22-26-18-10-3-4-11-19(18)27(22)13-20(28)25-17-9-2-1-8-16(17)24/h1-12H,13H2,(H,25,28). The van der Waals surface area contributed by atoms with Gasteiger partial charge in [-0.25, -0.2) is 13.8 Å². The Kier molecular flexibility index (Phi) is 4.87. The molecule has 0 fully saturated rings. The van der Waals surface area contributed by atoms with Crippen molar-refractivity contribution in [2.24, 2.45) is 0 Å². The van der Waals surface area contributed by atoms with Crippen molar-refractivity contribution in [2.75, 3.05) is 5.32 Å². The largest absolute Gasteiger partial charge is 0.322 e. The van der Waals surface area contributed by atoms with Gasteiger partial charge < -0.3 is 9.88 Å². The van der Waals surface area contributed by atoms with Gasteiger partial charge in [-0.2, -0.15) is 0 Å². The summed E-state index contributed by atoms with van der Waals surface area (Å²) in [6.45, 7) is -0.259. The van der Waals surface area contributed by atoms with E-state index >= 15 is 0 Å². The predicted octanol–water partition coefficient (Wildman–Crippen LogP) is 4.18. The lowest BCUT2D eigenvalue weighted by Crippen LogP contribution is -2.22. The summed E-state index contributed by atoms with van der Waals surface area (Å²) in [5.74, 6) is -2.14. The summed E-state index contributed by atoms with van der Waals surface area (Å²) in [7, 11) is 0. The third-order valence-corrected chi connectivity index (χ3v) is 4.39. The molecule has 0 atom stereocenters. The quantitative estimate of drug-likeness (QED) is 0.519. The second-order valence-corrected chi connectivity index (χ2v) is 6.38. The Balaban J connectivity index is 1.71. The summed E-state index contributed by atoms with van der Waals surface area (Å²) in [6.07, 6.45) is 0. The number of hydrogen-bond acceptors (Lipinski definition) is 3. The molecule has 3 aromatic carbocycles. The molecule has 29 heavy (non-hydrogen) atoms. The molecule has 0 aliphatic rings. The van der Waals surface area contributed by atoms with Crippen LogP contribution in [0.5, 0.6) is 0 Å². The average molecular weight is 391 g/mol. The number of aromatic nitrogens is 2. The Morgan fingerprint density at radius 1 is 0.931 bits per heavy atom. The Morgan fingerprint density at radius 3 is 2.48 bits per heavy atom. The molecule has 144 valence electrons. The van der Waals surface area contributed by atoms with E-state index in [-0.39, 0.29) is 23.6 Å². The Morgan fingerprint density at radius 2 is 1.69 bits per heavy atom. The van der Waals surface area contributed by atoms with Crippen LogP contribution in [0.2, 0.25) is 0 Å². The van der Waals surface area contributed by atoms with Crippen LogP contribution >= 0.6 is 0 Å². The van der Waals surface area contributed by atoms with Crippen LogP contribution in [-0.2, 0) is 11.3 Å². The molecular weight excluding hydrogens is 376 g/mol. The van der Waals surface area contributed by atoms with Gasteiger partial charge in [0.2, 0.25) is 11.7 Å². The van der Waals surface area contributed by atoms with E-state index in [4.69, 9.17) is 0 Å². The number of halogens is 2. The van der Waals surface area contributed by atoms with E-state index in [9.17, 15) is 18.4 Å². The lowest BCUT2D eigenvalue weighted by atomic mass is 10.1. The number of imidazole rings is 1. The van der Waals surface area contributed by atoms with Crippen LogP contribution in [0.25, 0.3) is 11.0 Å². The predicted molar refractivity (Wildman–Crippen MR) is 105 cm³/mol. The zero-order valence-corrected chi connectivity index (χ0v) is 15.1. The van der Waals surface area contributed by atoms with Gasteiger partial charge in [0, 0.05) is 5.56 Å². The maximum atomic E-state index is 13.8. The number of ketones is 1. The van der Waals surface area contributed by atoms with Crippen LogP contribution in [-0.4, -0.2) is 21.2 Å². The van der Waals surface area contributed by atoms with Gasteiger partial charge in [-0.05, 0) is 36.4 Å². The van der Waals surface area contributed by atoms with Crippen LogP contribution in [0, 0.1) is 11.6 Å². The number of nitrogens with one attached hydrogen (secondary N) is 1. The van der Waals surface area contributed by atoms with Gasteiger partial charge in [0.05, 0.1) is 16.7 Å². The first kappa shape index (κ1) is 18.5. The molecule has 0 aliphatic heterocycles. The van der Waals surface area contributed by atoms with Crippen molar-refractivity contribution in [2.45, 2.75) is 6.54 Å². The van der Waals surface area contributed by atoms with E-state index in [1.807, 2.05) is 0 Å². The highest BCUT2D eigenvalue weighted by molar-refractivity contribution is 6.08. The van der Waals surface area contributed by atoms with Gasteiger partial charge in [0.25, 0.3) is 0 Å². The van der Waals surface area contributed by atoms with E-state index in [0.29, 0.717) is 11.0 Å². The van der Waals surface area contributed by atoms with Crippen molar-refractivity contribution in [1.82, 2.24) is 9.55 Å². The minimum atomic E-state index is -0.563. The summed E-state index contributed by atoms with van der Waals surface area (Å²) in [5, 5.41) is 2.49. The third kappa shape index (κ3) is 3.75. The molecule has 0 unspecified atom stereocenters. The summed E-state index contributed by atoms with van der Waals surface area (Å²) >= 11 is 0. The molecule has 0 radical (unpaired) electrons. The van der Waals surface area contributed by atoms with Crippen LogP contribution in [0.3, 0.4) is 0 Å². The maximum Gasteiger partial charge on any atom is 0.244 e. The molecule has 1 heterocycles. The van der Waals surface area contributed by atoms with E-state index < -0.39 is 23.3 Å². The van der Waals surface area contributed by atoms with Crippen LogP contribution in [0.1, 0.15) is 16.2 Å². The molecule has 1 amide bonds. The highest BCUT2D eigenvalue weighted by Gasteiger charge is 2.21. The molecule has 4 rings (SSSR count). The van der Waals surface area contributed by atoms with Crippen LogP contribution < -0.4 is 5.32 Å². The molecule has 4 aromatic rings. The van der Waals surface area contributed by atoms with Gasteiger partial charge >= 0.3 is 0 Å². The third-order valence-electron chi connectivity index (χ3n) is 4.39. The van der Waals surface area contributed by atoms with E-state index in [1.54, 1.807) is 30.3 Å². The van der Waals surface area contributed by atoms with Crippen molar-refractivity contribution in [1.29, 1.82) is 0 Å². The number of carbonyl (C=O) groups excluding carboxylic acids is 2. The number of para-hydroxylation sites is 3. The minimum Gasteiger partial charge on any atom is -0.322 e. The first-order chi connectivity index (χ1) is 14.0. The lowest BCUT2D eigenvalue weighted by molar-refractivity contribution is -0.116. The SMILES string of the molecule is O=C(Cn1c(C(=O)c2cccc(F)c2)nc2ccccc21)Nc1ccccc1F. The van der Waals surface area contributed by atoms with Crippen LogP contribution in [0.4, 0.5) is 14.5 Å². The fourth-order valence-corrected chi connectivity index (χ4v) is 3.06. The Bertz CT molecular complexity index is 1230. The smallest absolute Gasteiger partial charge is 0.244 e. The summed E-state index contributed by atoms with van der Waals surface area (Å²) in [6, 6.07) is 18.0. The highest BCUT2D eigenvalue weighted by atomic mass is 19.1. The molecule has 5 nitrogen and oxygen atoms in total. The number of rotatable bonds is 5. The first-order valence-corrected chi connectivity index (χ1v) is 8.83. The summed E-state index contributed by atoms with van der Waals surface area (Å²) < 4.78 is 28.8. The van der Waals surface area contributed by atoms with Gasteiger partial charge in [0.15, 0.2) is 5.82 Å². The second-order valence-electron chi connectivity index (χ2n) is 6.38. The van der Waals surface area contributed by atoms with Gasteiger partial charge in [-0.1, -0.05) is 36.4 Å². The number of nitrogens with zero attached hydrogens (tertiary/aromatic N) is 2. The fourth-order valence-electron chi connectivity index (χ4n) is 3.06. The minimum absolute atomic E-state index is 0.000448. The molecule has 0 aliphatic carbocycles. The number of carbonyl (C=O) groups is 2. The van der Waals surface area contributed by atoms with E-state index in [0.717, 1.165) is 6.07 Å². The number of benzene rings is 3. The molecule has 0 saturated carbocycles. The van der Waals surface area contributed by atoms with Gasteiger partial charge in [-0.3, -0.25) is 9.59 Å². The number of hydrogen-bond donors (Lipinski definition) is 1. The van der Waals surface area contributed by atoms with Gasteiger partial charge in [0.1, 0.15) is 18.2 Å². The first-order valence-electron chi connectivity index (χ1n) is 8.83. The summed E-state index contributed by atoms with van der Waals surface area (Å²) in [4.78, 5) is 29.8. The monoisotopic (exact) mass is 391 g/mol. The van der Waals surface area contributed by atoms with E-state index in [2.05, 4.69) is 10.3 Å². The average Bonchev–Trinajstić information content (AvgIpc) is 3.07. The number of anilines is 1.